The number of anilines is 5. The molecule has 0 unspecified atom stereocenters. The minimum atomic E-state index is -1.54. The fraction of sp³-hybridized carbons (Fsp3) is 0.568. The zero-order valence-corrected chi connectivity index (χ0v) is 76.3. The Balaban J connectivity index is 0.000000139. The average molecular weight is 1780 g/mol. The first-order chi connectivity index (χ1) is 56.1. The molecule has 6 fully saturated rings. The number of fused-ring (bicyclic) bond motifs is 7. The van der Waals surface area contributed by atoms with E-state index in [1.807, 2.05) is 18.4 Å². The summed E-state index contributed by atoms with van der Waals surface area (Å²) >= 11 is 0. The third kappa shape index (κ3) is 19.2. The lowest BCUT2D eigenvalue weighted by atomic mass is 9.87. The molecule has 664 valence electrons. The van der Waals surface area contributed by atoms with Crippen LogP contribution >= 0.6 is 34.4 Å². The molecule has 0 radical (unpaired) electrons. The zero-order chi connectivity index (χ0) is 88.8. The van der Waals surface area contributed by atoms with Crippen molar-refractivity contribution >= 4 is 150 Å². The number of imidazole rings is 5. The highest BCUT2D eigenvalue weighted by molar-refractivity contribution is 7.73. The molecular weight excluding hydrogens is 1650 g/mol. The van der Waals surface area contributed by atoms with E-state index in [2.05, 4.69) is 148 Å². The first kappa shape index (κ1) is 93.1. The van der Waals surface area contributed by atoms with Gasteiger partial charge in [0, 0.05) is 31.0 Å². The van der Waals surface area contributed by atoms with Gasteiger partial charge >= 0.3 is 0 Å². The minimum absolute atomic E-state index is 0.392. The number of halogens is 1. The Kier molecular flexibility index (Phi) is 26.5. The van der Waals surface area contributed by atoms with Crippen LogP contribution in [0.15, 0.2) is 93.0 Å². The molecule has 0 amide bonds. The third-order valence-electron chi connectivity index (χ3n) is 23.5. The van der Waals surface area contributed by atoms with Crippen LogP contribution in [0.4, 0.5) is 32.8 Å². The maximum Gasteiger partial charge on any atom is 0.173 e. The summed E-state index contributed by atoms with van der Waals surface area (Å²) in [5, 5.41) is 85.7. The highest BCUT2D eigenvalue weighted by Gasteiger charge is 2.69. The Morgan fingerprint density at radius 3 is 1.07 bits per heavy atom. The second-order valence-electron chi connectivity index (χ2n) is 37.5. The third-order valence-corrected chi connectivity index (χ3v) is 30.8. The molecule has 121 heavy (non-hydrogen) atoms. The fourth-order valence-electron chi connectivity index (χ4n) is 16.1. The molecule has 0 spiro atoms. The number of rotatable bonds is 20. The van der Waals surface area contributed by atoms with Gasteiger partial charge in [-0.2, -0.15) is 0 Å². The molecule has 16 heterocycles. The largest absolute Gasteiger partial charge is 0.397 e. The van der Waals surface area contributed by atoms with Crippen molar-refractivity contribution in [3.8, 4) is 0 Å². The topological polar surface area (TPSA) is 501 Å². The van der Waals surface area contributed by atoms with Gasteiger partial charge in [0.15, 0.2) is 65.5 Å². The van der Waals surface area contributed by atoms with Crippen molar-refractivity contribution in [1.29, 1.82) is 0 Å². The SMILES string of the molecule is C=P(C)(C)CC[C@@]1(C)O[C@@H](n2cnc3c(N)ccnc32)[C@](C)(O)[C@@H]1O.C=P(C)(C)CC[C@H]1O[C@@H](n2cnc3c(N)ccnc32)[C@@](C)(O)[C@@H]1O.C=P(C)(C)CC[C@H]1O[C@@H](n2cnc3c(N)ccnc32)[C@H](F)[C@@H]1O.C=P(C)(C)CC[C@H]1O[C@@H](n2cnc3c(N)ccnc32)[C@](C)(O)[C@@H]1O.C=P(C)(C)CC[C@]12CO[C@](C)([C@@H]1O)[C@H](n1cnc3c(N)ccnc31)O2. The quantitative estimate of drug-likeness (QED) is 0.0342. The highest BCUT2D eigenvalue weighted by Crippen LogP contribution is 2.57. The molecule has 10 aromatic heterocycles. The van der Waals surface area contributed by atoms with Gasteiger partial charge in [-0.1, -0.05) is 0 Å². The highest BCUT2D eigenvalue weighted by atomic mass is 31.2. The van der Waals surface area contributed by atoms with Gasteiger partial charge in [-0.15, -0.1) is 65.9 Å². The second-order valence-corrected chi connectivity index (χ2v) is 59.1. The fourth-order valence-corrected chi connectivity index (χ4v) is 21.0. The smallest absolute Gasteiger partial charge is 0.173 e. The monoisotopic (exact) mass is 1770 g/mol. The lowest BCUT2D eigenvalue weighted by molar-refractivity contribution is -0.203. The number of nitrogens with two attached hydrogens (primary N) is 5. The molecular formula is C81H124FN20O14P5. The number of aliphatic hydroxyl groups is 8. The number of hydrogen-bond donors (Lipinski definition) is 13. The van der Waals surface area contributed by atoms with Crippen LogP contribution in [0.1, 0.15) is 97.9 Å². The number of pyridine rings is 5. The van der Waals surface area contributed by atoms with E-state index in [9.17, 15) is 45.2 Å². The molecule has 2 bridgehead atoms. The summed E-state index contributed by atoms with van der Waals surface area (Å²) in [4.78, 5) is 42.8. The summed E-state index contributed by atoms with van der Waals surface area (Å²) in [6, 6.07) is 8.37. The molecule has 40 heteroatoms. The Morgan fingerprint density at radius 1 is 0.405 bits per heavy atom. The van der Waals surface area contributed by atoms with E-state index in [1.54, 1.807) is 121 Å². The van der Waals surface area contributed by atoms with Crippen LogP contribution in [0.3, 0.4) is 0 Å². The molecule has 20 atom stereocenters. The number of ether oxygens (including phenoxy) is 6. The van der Waals surface area contributed by atoms with Crippen molar-refractivity contribution in [1.82, 2.24) is 72.7 Å². The molecule has 16 rings (SSSR count). The maximum atomic E-state index is 14.6. The van der Waals surface area contributed by atoms with Gasteiger partial charge in [-0.05, 0) is 195 Å². The van der Waals surface area contributed by atoms with Crippen molar-refractivity contribution in [3.05, 3.63) is 93.0 Å². The van der Waals surface area contributed by atoms with Crippen molar-refractivity contribution < 1.29 is 73.7 Å². The number of nitrogens with zero attached hydrogens (tertiary/aromatic N) is 15. The predicted molar refractivity (Wildman–Crippen MR) is 491 cm³/mol. The number of alkyl halides is 1. The van der Waals surface area contributed by atoms with E-state index in [0.717, 1.165) is 37.2 Å². The molecule has 6 aliphatic heterocycles. The van der Waals surface area contributed by atoms with Crippen molar-refractivity contribution in [2.75, 3.05) is 133 Å². The lowest BCUT2D eigenvalue weighted by Gasteiger charge is -2.34. The van der Waals surface area contributed by atoms with Crippen LogP contribution in [0.2, 0.25) is 0 Å². The molecule has 10 aromatic rings. The van der Waals surface area contributed by atoms with Gasteiger partial charge in [0.05, 0.1) is 90.6 Å². The van der Waals surface area contributed by atoms with Crippen molar-refractivity contribution in [2.45, 2.75) is 186 Å². The Bertz CT molecular complexity index is 5440. The molecule has 0 saturated carbocycles. The van der Waals surface area contributed by atoms with Gasteiger partial charge < -0.3 is 97.9 Å². The zero-order valence-electron chi connectivity index (χ0n) is 71.8. The normalized spacial score (nSPS) is 31.8. The number of hydrogen-bond acceptors (Lipinski definition) is 29. The standard InChI is InChI=1S/C17H25N4O3P.C17H27N4O3P.2C16H25N4O3P.C15H22FN4O2P/c1-16-14(22)17(9-23-16,6-8-25(2,3)4)24-15(16)21-10-20-12-11(18)5-7-19-13(12)21;1-16(7-9-25(3,4)5)14(22)17(2,23)15(24-16)21-10-20-12-11(18)6-8-19-13(12)21;2*1-16(22)13(21)11(6-8-24(2,3)4)23-15(16)20-9-19-12-10(17)5-7-18-14(12)20;1-23(2,3)7-5-10-13(21)11(16)15(22-10)20-8-19-12-9(17)4-6-18-14(12)20/h5,7,10,14-15,22H,2,6,8-9H2,1,3-4H3,(H2,18,19);6,8,10,14-15,22-23H,3,7,9H2,1-2,4-5H3,(H2,18,19);2*5,7,9,11,13,15,21-22H,2,6,8H2,1,3-4H3,(H2,17,18);4,6,8,10-11,13,15,21H,1,5,7H2,2-3H3,(H2,17,18)/t14-,15+,16+,17-;14-,15-,16-,17-;11-,13-,15-,16+;11-,13-,15-,16-;10-,11-,13-,15-/m01111/s1. The first-order valence-corrected chi connectivity index (χ1v) is 55.3. The number of aromatic nitrogens is 15. The van der Waals surface area contributed by atoms with Crippen molar-refractivity contribution in [3.63, 3.8) is 0 Å². The minimum Gasteiger partial charge on any atom is -0.397 e. The van der Waals surface area contributed by atoms with Crippen LogP contribution in [-0.4, -0.2) is 338 Å². The summed E-state index contributed by atoms with van der Waals surface area (Å²) in [7, 11) is 0. The van der Waals surface area contributed by atoms with E-state index in [0.29, 0.717) is 117 Å². The lowest BCUT2D eigenvalue weighted by Crippen LogP contribution is -2.48. The number of aliphatic hydroxyl groups excluding tert-OH is 5. The van der Waals surface area contributed by atoms with Gasteiger partial charge in [-0.25, -0.2) is 54.2 Å². The van der Waals surface area contributed by atoms with Gasteiger partial charge in [0.2, 0.25) is 0 Å². The summed E-state index contributed by atoms with van der Waals surface area (Å²) < 4.78 is 59.2. The van der Waals surface area contributed by atoms with Crippen LogP contribution in [0.5, 0.6) is 0 Å². The molecule has 0 aromatic carbocycles. The first-order valence-electron chi connectivity index (χ1n) is 40.0. The van der Waals surface area contributed by atoms with Crippen LogP contribution < -0.4 is 28.7 Å². The molecule has 6 aliphatic rings. The molecule has 34 nitrogen and oxygen atoms in total. The summed E-state index contributed by atoms with van der Waals surface area (Å²) in [6.07, 6.45) is 32.6. The Labute approximate surface area is 705 Å². The summed E-state index contributed by atoms with van der Waals surface area (Å²) in [5.74, 6) is 0. The van der Waals surface area contributed by atoms with Crippen molar-refractivity contribution in [2.24, 2.45) is 0 Å². The Morgan fingerprint density at radius 2 is 0.719 bits per heavy atom. The molecule has 6 saturated heterocycles. The van der Waals surface area contributed by atoms with Gasteiger partial charge in [0.1, 0.15) is 86.1 Å². The van der Waals surface area contributed by atoms with E-state index >= 15 is 0 Å². The van der Waals surface area contributed by atoms with Crippen LogP contribution in [0.25, 0.3) is 55.8 Å². The summed E-state index contributed by atoms with van der Waals surface area (Å²) in [6.45, 7) is 24.1. The molecule has 0 aliphatic carbocycles. The van der Waals surface area contributed by atoms with E-state index in [-0.39, 0.29) is 0 Å². The average Bonchev–Trinajstić information content (AvgIpc) is 1.54. The van der Waals surface area contributed by atoms with Gasteiger partial charge in [-0.3, -0.25) is 22.8 Å². The van der Waals surface area contributed by atoms with E-state index in [4.69, 9.17) is 57.1 Å². The second kappa shape index (κ2) is 34.4. The number of nitrogen functional groups attached to an aromatic ring is 5. The Hall–Kier alpha value is -7.03. The van der Waals surface area contributed by atoms with Crippen LogP contribution in [-0.2, 0) is 28.4 Å². The van der Waals surface area contributed by atoms with Crippen LogP contribution in [0, 0.1) is 0 Å². The predicted octanol–water partition coefficient (Wildman–Crippen LogP) is 7.00. The molecule has 18 N–H and O–H groups in total. The van der Waals surface area contributed by atoms with E-state index in [1.165, 1.54) is 10.9 Å². The van der Waals surface area contributed by atoms with E-state index < -0.39 is 154 Å². The maximum absolute atomic E-state index is 14.6. The van der Waals surface area contributed by atoms with Gasteiger partial charge in [0.25, 0.3) is 0 Å². The summed E-state index contributed by atoms with van der Waals surface area (Å²) in [5.41, 5.74) is 30.8.